The summed E-state index contributed by atoms with van der Waals surface area (Å²) in [5, 5.41) is 0. The molecular formula is C9H6BrN2. The van der Waals surface area contributed by atoms with Crippen molar-refractivity contribution in [2.45, 2.75) is 0 Å². The van der Waals surface area contributed by atoms with E-state index in [-0.39, 0.29) is 0 Å². The fourth-order valence-corrected chi connectivity index (χ4v) is 1.39. The largest absolute Gasteiger partial charge is 0.297 e. The molecule has 1 heterocycles. The van der Waals surface area contributed by atoms with Gasteiger partial charge in [0.25, 0.3) is 0 Å². The van der Waals surface area contributed by atoms with Crippen molar-refractivity contribution in [3.63, 3.8) is 0 Å². The molecule has 0 N–H and O–H groups in total. The standard InChI is InChI=1S/C9H6BrN2/c10-8-2-1-3-9(6-8)12-5-4-11-7-12/h1-6H. The van der Waals surface area contributed by atoms with Gasteiger partial charge in [0.1, 0.15) is 0 Å². The molecule has 0 aliphatic heterocycles. The summed E-state index contributed by atoms with van der Waals surface area (Å²) in [6, 6.07) is 7.98. The molecule has 59 valence electrons. The highest BCUT2D eigenvalue weighted by Gasteiger charge is 1.94. The van der Waals surface area contributed by atoms with Crippen LogP contribution in [0.2, 0.25) is 0 Å². The zero-order valence-corrected chi connectivity index (χ0v) is 7.82. The van der Waals surface area contributed by atoms with Gasteiger partial charge in [-0.05, 0) is 18.2 Å². The van der Waals surface area contributed by atoms with Crippen molar-refractivity contribution >= 4 is 15.9 Å². The molecule has 1 aromatic carbocycles. The van der Waals surface area contributed by atoms with Crippen LogP contribution in [0.4, 0.5) is 0 Å². The third-order valence-electron chi connectivity index (χ3n) is 1.54. The molecule has 0 saturated heterocycles. The van der Waals surface area contributed by atoms with Crippen LogP contribution in [0.3, 0.4) is 0 Å². The second-order valence-electron chi connectivity index (χ2n) is 2.38. The summed E-state index contributed by atoms with van der Waals surface area (Å²) in [5.41, 5.74) is 1.06. The number of benzene rings is 1. The number of hydrogen-bond donors (Lipinski definition) is 0. The maximum absolute atomic E-state index is 3.85. The van der Waals surface area contributed by atoms with Gasteiger partial charge >= 0.3 is 0 Å². The summed E-state index contributed by atoms with van der Waals surface area (Å²) in [5.74, 6) is 0. The Morgan fingerprint density at radius 1 is 1.42 bits per heavy atom. The first kappa shape index (κ1) is 7.55. The van der Waals surface area contributed by atoms with Crippen LogP contribution in [0.25, 0.3) is 5.69 Å². The van der Waals surface area contributed by atoms with Crippen LogP contribution in [0.5, 0.6) is 0 Å². The van der Waals surface area contributed by atoms with E-state index in [2.05, 4.69) is 27.2 Å². The minimum absolute atomic E-state index is 1.06. The first-order chi connectivity index (χ1) is 5.86. The summed E-state index contributed by atoms with van der Waals surface area (Å²) < 4.78 is 2.90. The monoisotopic (exact) mass is 221 g/mol. The second kappa shape index (κ2) is 3.11. The molecule has 12 heavy (non-hydrogen) atoms. The van der Waals surface area contributed by atoms with E-state index in [1.807, 2.05) is 35.0 Å². The lowest BCUT2D eigenvalue weighted by molar-refractivity contribution is 1.04. The van der Waals surface area contributed by atoms with Crippen molar-refractivity contribution in [3.05, 3.63) is 47.5 Å². The number of rotatable bonds is 1. The van der Waals surface area contributed by atoms with Crippen LogP contribution >= 0.6 is 15.9 Å². The zero-order valence-electron chi connectivity index (χ0n) is 6.24. The fraction of sp³-hybridized carbons (Fsp3) is 0. The molecule has 1 aromatic heterocycles. The van der Waals surface area contributed by atoms with E-state index in [0.29, 0.717) is 0 Å². The Kier molecular flexibility index (Phi) is 1.96. The number of aromatic nitrogens is 2. The molecule has 0 fully saturated rings. The van der Waals surface area contributed by atoms with Gasteiger partial charge in [-0.15, -0.1) is 0 Å². The topological polar surface area (TPSA) is 17.8 Å². The van der Waals surface area contributed by atoms with E-state index >= 15 is 0 Å². The molecule has 0 unspecified atom stereocenters. The van der Waals surface area contributed by atoms with Crippen molar-refractivity contribution in [3.8, 4) is 5.69 Å². The molecule has 1 radical (unpaired) electrons. The molecule has 0 spiro atoms. The lowest BCUT2D eigenvalue weighted by Crippen LogP contribution is -1.88. The van der Waals surface area contributed by atoms with Crippen LogP contribution in [0.15, 0.2) is 41.1 Å². The van der Waals surface area contributed by atoms with E-state index in [1.54, 1.807) is 6.20 Å². The van der Waals surface area contributed by atoms with Gasteiger partial charge in [-0.2, -0.15) is 0 Å². The number of imidazole rings is 1. The molecule has 0 amide bonds. The first-order valence-electron chi connectivity index (χ1n) is 3.53. The Balaban J connectivity index is 2.48. The third kappa shape index (κ3) is 1.41. The Morgan fingerprint density at radius 2 is 2.33 bits per heavy atom. The predicted octanol–water partition coefficient (Wildman–Crippen LogP) is 2.43. The van der Waals surface area contributed by atoms with E-state index in [0.717, 1.165) is 10.2 Å². The van der Waals surface area contributed by atoms with Crippen LogP contribution in [-0.2, 0) is 0 Å². The SMILES string of the molecule is Brc1cccc(-n2[c]ncc2)c1. The molecule has 2 rings (SSSR count). The number of hydrogen-bond acceptors (Lipinski definition) is 1. The highest BCUT2D eigenvalue weighted by Crippen LogP contribution is 2.14. The molecule has 0 aliphatic carbocycles. The summed E-state index contributed by atoms with van der Waals surface area (Å²) >= 11 is 3.40. The molecule has 0 bridgehead atoms. The lowest BCUT2D eigenvalue weighted by Gasteiger charge is -2.00. The minimum Gasteiger partial charge on any atom is -0.297 e. The second-order valence-corrected chi connectivity index (χ2v) is 3.29. The maximum atomic E-state index is 3.85. The maximum Gasteiger partial charge on any atom is 0.181 e. The summed E-state index contributed by atoms with van der Waals surface area (Å²) in [4.78, 5) is 3.85. The summed E-state index contributed by atoms with van der Waals surface area (Å²) in [6.45, 7) is 0. The highest BCUT2D eigenvalue weighted by molar-refractivity contribution is 9.10. The smallest absolute Gasteiger partial charge is 0.181 e. The average molecular weight is 222 g/mol. The molecule has 0 atom stereocenters. The highest BCUT2D eigenvalue weighted by atomic mass is 79.9. The molecular weight excluding hydrogens is 216 g/mol. The van der Waals surface area contributed by atoms with E-state index in [9.17, 15) is 0 Å². The lowest BCUT2D eigenvalue weighted by atomic mass is 10.3. The van der Waals surface area contributed by atoms with Crippen LogP contribution < -0.4 is 0 Å². The number of nitrogens with zero attached hydrogens (tertiary/aromatic N) is 2. The Hall–Kier alpha value is -1.09. The Labute approximate surface area is 79.0 Å². The third-order valence-corrected chi connectivity index (χ3v) is 2.04. The quantitative estimate of drug-likeness (QED) is 0.724. The predicted molar refractivity (Wildman–Crippen MR) is 50.1 cm³/mol. The first-order valence-corrected chi connectivity index (χ1v) is 4.32. The van der Waals surface area contributed by atoms with Gasteiger partial charge in [0, 0.05) is 22.6 Å². The van der Waals surface area contributed by atoms with Gasteiger partial charge in [0.2, 0.25) is 0 Å². The Morgan fingerprint density at radius 3 is 3.00 bits per heavy atom. The Bertz CT molecular complexity index is 368. The van der Waals surface area contributed by atoms with Crippen molar-refractivity contribution in [1.29, 1.82) is 0 Å². The van der Waals surface area contributed by atoms with Crippen LogP contribution in [0.1, 0.15) is 0 Å². The van der Waals surface area contributed by atoms with Gasteiger partial charge in [0.15, 0.2) is 6.33 Å². The normalized spacial score (nSPS) is 10.1. The summed E-state index contributed by atoms with van der Waals surface area (Å²) in [7, 11) is 0. The number of halogens is 1. The van der Waals surface area contributed by atoms with Gasteiger partial charge in [-0.1, -0.05) is 22.0 Å². The minimum atomic E-state index is 1.06. The van der Waals surface area contributed by atoms with Gasteiger partial charge < -0.3 is 0 Å². The molecule has 2 aromatic rings. The van der Waals surface area contributed by atoms with Gasteiger partial charge in [-0.25, -0.2) is 4.98 Å². The fourth-order valence-electron chi connectivity index (χ4n) is 0.999. The van der Waals surface area contributed by atoms with Crippen molar-refractivity contribution in [2.24, 2.45) is 0 Å². The van der Waals surface area contributed by atoms with E-state index in [4.69, 9.17) is 0 Å². The van der Waals surface area contributed by atoms with E-state index in [1.165, 1.54) is 0 Å². The van der Waals surface area contributed by atoms with Crippen LogP contribution in [-0.4, -0.2) is 9.55 Å². The van der Waals surface area contributed by atoms with Crippen molar-refractivity contribution in [1.82, 2.24) is 9.55 Å². The van der Waals surface area contributed by atoms with Gasteiger partial charge in [-0.3, -0.25) is 4.57 Å². The molecule has 0 saturated carbocycles. The molecule has 0 aliphatic rings. The molecule has 3 heteroatoms. The summed E-state index contributed by atoms with van der Waals surface area (Å²) in [6.07, 6.45) is 6.40. The van der Waals surface area contributed by atoms with E-state index < -0.39 is 0 Å². The van der Waals surface area contributed by atoms with Crippen LogP contribution in [0, 0.1) is 6.33 Å². The zero-order chi connectivity index (χ0) is 8.39. The van der Waals surface area contributed by atoms with Gasteiger partial charge in [0.05, 0.1) is 0 Å². The van der Waals surface area contributed by atoms with Crippen molar-refractivity contribution in [2.75, 3.05) is 0 Å². The average Bonchev–Trinajstić information content (AvgIpc) is 2.56. The molecule has 2 nitrogen and oxygen atoms in total. The van der Waals surface area contributed by atoms with Crippen molar-refractivity contribution < 1.29 is 0 Å².